The second kappa shape index (κ2) is 6.99. The van der Waals surface area contributed by atoms with Crippen molar-refractivity contribution in [2.24, 2.45) is 11.8 Å². The lowest BCUT2D eigenvalue weighted by atomic mass is 9.81. The monoisotopic (exact) mass is 229 g/mol. The predicted octanol–water partition coefficient (Wildman–Crippen LogP) is 0.278. The van der Waals surface area contributed by atoms with Crippen molar-refractivity contribution in [2.75, 3.05) is 32.8 Å². The standard InChI is InChI=1S/C12H23NO3/c1-10-2-3-12(16)11(8-10)9-13(4-6-14)5-7-15/h10-11,14-15H,2-9H2,1H3. The molecular formula is C12H23NO3. The van der Waals surface area contributed by atoms with Gasteiger partial charge in [-0.15, -0.1) is 0 Å². The molecule has 16 heavy (non-hydrogen) atoms. The van der Waals surface area contributed by atoms with Crippen molar-refractivity contribution in [2.45, 2.75) is 26.2 Å². The van der Waals surface area contributed by atoms with Crippen LogP contribution in [-0.2, 0) is 4.79 Å². The average molecular weight is 229 g/mol. The Bertz CT molecular complexity index is 214. The molecule has 0 saturated heterocycles. The van der Waals surface area contributed by atoms with Gasteiger partial charge < -0.3 is 10.2 Å². The van der Waals surface area contributed by atoms with Crippen LogP contribution in [0, 0.1) is 11.8 Å². The molecule has 2 N–H and O–H groups in total. The first-order valence-electron chi connectivity index (χ1n) is 6.14. The highest BCUT2D eigenvalue weighted by Gasteiger charge is 2.27. The summed E-state index contributed by atoms with van der Waals surface area (Å²) in [4.78, 5) is 13.7. The number of Topliss-reactive ketones (excluding diaryl/α,β-unsaturated/α-hetero) is 1. The number of ketones is 1. The number of aliphatic hydroxyl groups is 2. The number of aliphatic hydroxyl groups excluding tert-OH is 2. The van der Waals surface area contributed by atoms with Crippen molar-refractivity contribution in [1.29, 1.82) is 0 Å². The quantitative estimate of drug-likeness (QED) is 0.687. The summed E-state index contributed by atoms with van der Waals surface area (Å²) < 4.78 is 0. The Balaban J connectivity index is 2.44. The summed E-state index contributed by atoms with van der Waals surface area (Å²) >= 11 is 0. The predicted molar refractivity (Wildman–Crippen MR) is 62.1 cm³/mol. The van der Waals surface area contributed by atoms with Crippen molar-refractivity contribution in [1.82, 2.24) is 4.90 Å². The summed E-state index contributed by atoms with van der Waals surface area (Å²) in [6, 6.07) is 0. The maximum Gasteiger partial charge on any atom is 0.137 e. The van der Waals surface area contributed by atoms with Crippen molar-refractivity contribution in [3.8, 4) is 0 Å². The summed E-state index contributed by atoms with van der Waals surface area (Å²) in [6.07, 6.45) is 2.65. The van der Waals surface area contributed by atoms with Crippen molar-refractivity contribution >= 4 is 5.78 Å². The fourth-order valence-electron chi connectivity index (χ4n) is 2.39. The Morgan fingerprint density at radius 1 is 1.31 bits per heavy atom. The van der Waals surface area contributed by atoms with Crippen molar-refractivity contribution in [3.63, 3.8) is 0 Å². The van der Waals surface area contributed by atoms with Crippen molar-refractivity contribution < 1.29 is 15.0 Å². The Morgan fingerprint density at radius 2 is 1.94 bits per heavy atom. The van der Waals surface area contributed by atoms with Crippen LogP contribution in [0.25, 0.3) is 0 Å². The molecule has 0 aromatic heterocycles. The van der Waals surface area contributed by atoms with E-state index in [2.05, 4.69) is 6.92 Å². The molecule has 0 amide bonds. The smallest absolute Gasteiger partial charge is 0.137 e. The van der Waals surface area contributed by atoms with Gasteiger partial charge in [-0.3, -0.25) is 9.69 Å². The highest BCUT2D eigenvalue weighted by Crippen LogP contribution is 2.26. The first-order valence-corrected chi connectivity index (χ1v) is 6.14. The van der Waals surface area contributed by atoms with E-state index in [-0.39, 0.29) is 19.1 Å². The van der Waals surface area contributed by atoms with Gasteiger partial charge in [-0.2, -0.15) is 0 Å². The minimum Gasteiger partial charge on any atom is -0.395 e. The molecule has 4 heteroatoms. The summed E-state index contributed by atoms with van der Waals surface area (Å²) in [7, 11) is 0. The third kappa shape index (κ3) is 4.20. The molecule has 1 aliphatic carbocycles. The molecule has 94 valence electrons. The van der Waals surface area contributed by atoms with Gasteiger partial charge in [-0.1, -0.05) is 6.92 Å². The normalized spacial score (nSPS) is 26.4. The number of rotatable bonds is 6. The lowest BCUT2D eigenvalue weighted by molar-refractivity contribution is -0.126. The molecule has 0 aromatic carbocycles. The van der Waals surface area contributed by atoms with E-state index < -0.39 is 0 Å². The van der Waals surface area contributed by atoms with E-state index in [0.717, 1.165) is 12.8 Å². The van der Waals surface area contributed by atoms with E-state index in [9.17, 15) is 4.79 Å². The highest BCUT2D eigenvalue weighted by atomic mass is 16.3. The highest BCUT2D eigenvalue weighted by molar-refractivity contribution is 5.81. The maximum atomic E-state index is 11.7. The van der Waals surface area contributed by atoms with Gasteiger partial charge in [0.1, 0.15) is 5.78 Å². The van der Waals surface area contributed by atoms with Crippen LogP contribution in [0.3, 0.4) is 0 Å². The zero-order valence-corrected chi connectivity index (χ0v) is 10.1. The zero-order chi connectivity index (χ0) is 12.0. The molecule has 0 aromatic rings. The number of carbonyl (C=O) groups excluding carboxylic acids is 1. The molecule has 1 rings (SSSR count). The first kappa shape index (κ1) is 13.6. The van der Waals surface area contributed by atoms with E-state index in [1.165, 1.54) is 0 Å². The second-order valence-corrected chi connectivity index (χ2v) is 4.79. The Morgan fingerprint density at radius 3 is 2.50 bits per heavy atom. The number of carbonyl (C=O) groups is 1. The molecule has 0 aliphatic heterocycles. The number of hydrogen-bond acceptors (Lipinski definition) is 4. The van der Waals surface area contributed by atoms with Crippen LogP contribution in [0.2, 0.25) is 0 Å². The second-order valence-electron chi connectivity index (χ2n) is 4.79. The van der Waals surface area contributed by atoms with Crippen molar-refractivity contribution in [3.05, 3.63) is 0 Å². The van der Waals surface area contributed by atoms with Crippen LogP contribution in [0.15, 0.2) is 0 Å². The average Bonchev–Trinajstić information content (AvgIpc) is 2.24. The minimum atomic E-state index is 0.0798. The molecule has 0 spiro atoms. The number of nitrogens with zero attached hydrogens (tertiary/aromatic N) is 1. The van der Waals surface area contributed by atoms with E-state index in [4.69, 9.17) is 10.2 Å². The molecule has 2 atom stereocenters. The maximum absolute atomic E-state index is 11.7. The van der Waals surface area contributed by atoms with Gasteiger partial charge in [0.2, 0.25) is 0 Å². The van der Waals surface area contributed by atoms with Gasteiger partial charge in [0.05, 0.1) is 13.2 Å². The third-order valence-corrected chi connectivity index (χ3v) is 3.34. The van der Waals surface area contributed by atoms with E-state index >= 15 is 0 Å². The minimum absolute atomic E-state index is 0.0798. The van der Waals surface area contributed by atoms with Gasteiger partial charge in [-0.25, -0.2) is 0 Å². The molecule has 0 radical (unpaired) electrons. The Kier molecular flexibility index (Phi) is 5.95. The lowest BCUT2D eigenvalue weighted by Crippen LogP contribution is -2.39. The summed E-state index contributed by atoms with van der Waals surface area (Å²) in [5.41, 5.74) is 0. The molecular weight excluding hydrogens is 206 g/mol. The van der Waals surface area contributed by atoms with Crippen LogP contribution < -0.4 is 0 Å². The van der Waals surface area contributed by atoms with E-state index in [1.807, 2.05) is 4.90 Å². The summed E-state index contributed by atoms with van der Waals surface area (Å²) in [5.74, 6) is 1.06. The first-order chi connectivity index (χ1) is 7.67. The fraction of sp³-hybridized carbons (Fsp3) is 0.917. The summed E-state index contributed by atoms with van der Waals surface area (Å²) in [5, 5.41) is 17.8. The Labute approximate surface area is 97.3 Å². The van der Waals surface area contributed by atoms with Crippen LogP contribution in [0.4, 0.5) is 0 Å². The Hall–Kier alpha value is -0.450. The molecule has 1 aliphatic rings. The molecule has 0 heterocycles. The SMILES string of the molecule is CC1CCC(=O)C(CN(CCO)CCO)C1. The van der Waals surface area contributed by atoms with Crippen LogP contribution >= 0.6 is 0 Å². The largest absolute Gasteiger partial charge is 0.395 e. The topological polar surface area (TPSA) is 60.8 Å². The molecule has 1 saturated carbocycles. The summed E-state index contributed by atoms with van der Waals surface area (Å²) in [6.45, 7) is 4.11. The lowest BCUT2D eigenvalue weighted by Gasteiger charge is -2.30. The van der Waals surface area contributed by atoms with E-state index in [0.29, 0.717) is 37.8 Å². The molecule has 2 unspecified atom stereocenters. The van der Waals surface area contributed by atoms with E-state index in [1.54, 1.807) is 0 Å². The fourth-order valence-corrected chi connectivity index (χ4v) is 2.39. The van der Waals surface area contributed by atoms with Gasteiger partial charge in [0.15, 0.2) is 0 Å². The van der Waals surface area contributed by atoms with Crippen LogP contribution in [0.1, 0.15) is 26.2 Å². The van der Waals surface area contributed by atoms with Gasteiger partial charge in [0.25, 0.3) is 0 Å². The molecule has 1 fully saturated rings. The van der Waals surface area contributed by atoms with Gasteiger partial charge >= 0.3 is 0 Å². The van der Waals surface area contributed by atoms with Gasteiger partial charge in [-0.05, 0) is 18.8 Å². The van der Waals surface area contributed by atoms with Crippen LogP contribution in [0.5, 0.6) is 0 Å². The molecule has 4 nitrogen and oxygen atoms in total. The third-order valence-electron chi connectivity index (χ3n) is 3.34. The zero-order valence-electron chi connectivity index (χ0n) is 10.1. The van der Waals surface area contributed by atoms with Crippen LogP contribution in [-0.4, -0.2) is 53.7 Å². The molecule has 0 bridgehead atoms. The van der Waals surface area contributed by atoms with Gasteiger partial charge in [0, 0.05) is 32.0 Å². The number of hydrogen-bond donors (Lipinski definition) is 2.